The lowest BCUT2D eigenvalue weighted by atomic mass is 9.96. The largest absolute Gasteiger partial charge is 0.294 e. The number of halogens is 1. The van der Waals surface area contributed by atoms with E-state index in [9.17, 15) is 4.79 Å². The number of Topliss-reactive ketones (excluding diaryl/α,β-unsaturated/α-hetero) is 1. The Labute approximate surface area is 126 Å². The lowest BCUT2D eigenvalue weighted by molar-refractivity contribution is 0.0971. The molecule has 2 aromatic heterocycles. The maximum atomic E-state index is 11.9. The molecule has 1 aliphatic carbocycles. The number of carbonyl (C=O) groups is 1. The van der Waals surface area contributed by atoms with Gasteiger partial charge in [-0.05, 0) is 30.5 Å². The summed E-state index contributed by atoms with van der Waals surface area (Å²) in [4.78, 5) is 16.6. The van der Waals surface area contributed by atoms with E-state index in [0.717, 1.165) is 35.3 Å². The molecule has 0 amide bonds. The van der Waals surface area contributed by atoms with Gasteiger partial charge in [0.05, 0.1) is 17.5 Å². The average molecular weight is 298 g/mol. The molecular weight excluding hydrogens is 286 g/mol. The number of benzene rings is 1. The van der Waals surface area contributed by atoms with Crippen molar-refractivity contribution < 1.29 is 4.79 Å². The van der Waals surface area contributed by atoms with E-state index in [2.05, 4.69) is 10.1 Å². The van der Waals surface area contributed by atoms with E-state index in [1.807, 2.05) is 24.3 Å². The number of fused-ring (bicyclic) bond motifs is 2. The molecule has 0 saturated carbocycles. The van der Waals surface area contributed by atoms with Crippen LogP contribution < -0.4 is 0 Å². The minimum absolute atomic E-state index is 0.161. The van der Waals surface area contributed by atoms with Gasteiger partial charge in [-0.15, -0.1) is 0 Å². The van der Waals surface area contributed by atoms with Crippen molar-refractivity contribution in [2.24, 2.45) is 0 Å². The minimum atomic E-state index is 0.161. The highest BCUT2D eigenvalue weighted by molar-refractivity contribution is 6.30. The molecule has 0 fully saturated rings. The van der Waals surface area contributed by atoms with Crippen molar-refractivity contribution in [2.75, 3.05) is 0 Å². The summed E-state index contributed by atoms with van der Waals surface area (Å²) in [6.07, 6.45) is 5.91. The van der Waals surface area contributed by atoms with Gasteiger partial charge in [-0.2, -0.15) is 5.10 Å². The maximum Gasteiger partial charge on any atom is 0.166 e. The van der Waals surface area contributed by atoms with Crippen LogP contribution in [0.25, 0.3) is 16.8 Å². The smallest absolute Gasteiger partial charge is 0.166 e. The second kappa shape index (κ2) is 4.67. The van der Waals surface area contributed by atoms with Gasteiger partial charge < -0.3 is 0 Å². The first-order chi connectivity index (χ1) is 10.2. The predicted octanol–water partition coefficient (Wildman–Crippen LogP) is 3.57. The van der Waals surface area contributed by atoms with Crippen LogP contribution >= 0.6 is 11.6 Å². The van der Waals surface area contributed by atoms with Crippen LogP contribution in [0.15, 0.2) is 36.7 Å². The summed E-state index contributed by atoms with van der Waals surface area (Å²) in [5.74, 6) is 0.161. The SMILES string of the molecule is O=C1CCCc2nc3c(-c4ccc(Cl)cc4)cnn3cc21. The number of rotatable bonds is 1. The van der Waals surface area contributed by atoms with Crippen LogP contribution in [0.4, 0.5) is 0 Å². The molecule has 4 nitrogen and oxygen atoms in total. The van der Waals surface area contributed by atoms with E-state index in [1.54, 1.807) is 16.9 Å². The van der Waals surface area contributed by atoms with Gasteiger partial charge in [0.2, 0.25) is 0 Å². The zero-order chi connectivity index (χ0) is 14.4. The Morgan fingerprint density at radius 3 is 2.71 bits per heavy atom. The highest BCUT2D eigenvalue weighted by Crippen LogP contribution is 2.27. The van der Waals surface area contributed by atoms with Crippen molar-refractivity contribution >= 4 is 23.0 Å². The van der Waals surface area contributed by atoms with E-state index in [-0.39, 0.29) is 5.78 Å². The Bertz CT molecular complexity index is 852. The van der Waals surface area contributed by atoms with E-state index >= 15 is 0 Å². The zero-order valence-corrected chi connectivity index (χ0v) is 12.0. The van der Waals surface area contributed by atoms with Crippen molar-refractivity contribution in [3.05, 3.63) is 52.9 Å². The Kier molecular flexibility index (Phi) is 2.79. The lowest BCUT2D eigenvalue weighted by Gasteiger charge is -2.13. The van der Waals surface area contributed by atoms with E-state index in [1.165, 1.54) is 0 Å². The molecule has 0 unspecified atom stereocenters. The van der Waals surface area contributed by atoms with E-state index in [4.69, 9.17) is 11.6 Å². The topological polar surface area (TPSA) is 47.3 Å². The quantitative estimate of drug-likeness (QED) is 0.690. The number of aryl methyl sites for hydroxylation is 1. The van der Waals surface area contributed by atoms with Crippen molar-refractivity contribution in [2.45, 2.75) is 19.3 Å². The summed E-state index contributed by atoms with van der Waals surface area (Å²) in [5.41, 5.74) is 4.34. The predicted molar refractivity (Wildman–Crippen MR) is 80.7 cm³/mol. The molecule has 2 heterocycles. The summed E-state index contributed by atoms with van der Waals surface area (Å²) in [6, 6.07) is 7.60. The fourth-order valence-corrected chi connectivity index (χ4v) is 2.88. The second-order valence-electron chi connectivity index (χ2n) is 5.21. The van der Waals surface area contributed by atoms with Gasteiger partial charge in [0.1, 0.15) is 0 Å². The van der Waals surface area contributed by atoms with Gasteiger partial charge in [0.15, 0.2) is 11.4 Å². The molecule has 104 valence electrons. The Morgan fingerprint density at radius 1 is 1.10 bits per heavy atom. The highest BCUT2D eigenvalue weighted by atomic mass is 35.5. The maximum absolute atomic E-state index is 11.9. The monoisotopic (exact) mass is 297 g/mol. The number of aromatic nitrogens is 3. The van der Waals surface area contributed by atoms with Gasteiger partial charge in [-0.3, -0.25) is 4.79 Å². The summed E-state index contributed by atoms with van der Waals surface area (Å²) in [7, 11) is 0. The van der Waals surface area contributed by atoms with Gasteiger partial charge >= 0.3 is 0 Å². The van der Waals surface area contributed by atoms with Crippen molar-refractivity contribution in [1.82, 2.24) is 14.6 Å². The molecule has 4 rings (SSSR count). The van der Waals surface area contributed by atoms with Crippen LogP contribution in [0.1, 0.15) is 28.9 Å². The Balaban J connectivity index is 1.92. The lowest BCUT2D eigenvalue weighted by Crippen LogP contribution is -2.14. The minimum Gasteiger partial charge on any atom is -0.294 e. The molecule has 0 aliphatic heterocycles. The Morgan fingerprint density at radius 2 is 1.90 bits per heavy atom. The molecule has 0 spiro atoms. The number of hydrogen-bond donors (Lipinski definition) is 0. The van der Waals surface area contributed by atoms with Crippen molar-refractivity contribution in [1.29, 1.82) is 0 Å². The number of hydrogen-bond acceptors (Lipinski definition) is 3. The number of ketones is 1. The fraction of sp³-hybridized carbons (Fsp3) is 0.188. The Hall–Kier alpha value is -2.20. The molecule has 0 saturated heterocycles. The molecule has 3 aromatic rings. The molecule has 1 aliphatic rings. The van der Waals surface area contributed by atoms with Gasteiger partial charge in [-0.25, -0.2) is 9.50 Å². The van der Waals surface area contributed by atoms with Gasteiger partial charge in [0, 0.05) is 23.2 Å². The molecule has 5 heteroatoms. The van der Waals surface area contributed by atoms with Crippen LogP contribution in [-0.2, 0) is 6.42 Å². The average Bonchev–Trinajstić information content (AvgIpc) is 2.90. The van der Waals surface area contributed by atoms with Crippen molar-refractivity contribution in [3.8, 4) is 11.1 Å². The summed E-state index contributed by atoms with van der Waals surface area (Å²) in [5, 5.41) is 5.03. The number of carbonyl (C=O) groups excluding carboxylic acids is 1. The van der Waals surface area contributed by atoms with Crippen LogP contribution in [0, 0.1) is 0 Å². The van der Waals surface area contributed by atoms with Crippen LogP contribution in [-0.4, -0.2) is 20.4 Å². The standard InChI is InChI=1S/C16H12ClN3O/c17-11-6-4-10(5-7-11)12-8-18-20-9-13-14(19-16(12)20)2-1-3-15(13)21/h4-9H,1-3H2. The first kappa shape index (κ1) is 12.5. The van der Waals surface area contributed by atoms with E-state index in [0.29, 0.717) is 17.0 Å². The van der Waals surface area contributed by atoms with Crippen molar-refractivity contribution in [3.63, 3.8) is 0 Å². The van der Waals surface area contributed by atoms with Gasteiger partial charge in [-0.1, -0.05) is 23.7 Å². The third-order valence-electron chi connectivity index (χ3n) is 3.85. The molecular formula is C16H12ClN3O. The first-order valence-electron chi connectivity index (χ1n) is 6.89. The normalized spacial score (nSPS) is 14.4. The van der Waals surface area contributed by atoms with E-state index < -0.39 is 0 Å². The van der Waals surface area contributed by atoms with Crippen LogP contribution in [0.3, 0.4) is 0 Å². The number of nitrogens with zero attached hydrogens (tertiary/aromatic N) is 3. The second-order valence-corrected chi connectivity index (χ2v) is 5.65. The highest BCUT2D eigenvalue weighted by Gasteiger charge is 2.21. The third kappa shape index (κ3) is 2.03. The molecule has 1 aromatic carbocycles. The summed E-state index contributed by atoms with van der Waals surface area (Å²) >= 11 is 5.93. The summed E-state index contributed by atoms with van der Waals surface area (Å²) < 4.78 is 1.69. The summed E-state index contributed by atoms with van der Waals surface area (Å²) in [6.45, 7) is 0. The molecule has 0 atom stereocenters. The molecule has 0 radical (unpaired) electrons. The van der Waals surface area contributed by atoms with Gasteiger partial charge in [0.25, 0.3) is 0 Å². The molecule has 0 N–H and O–H groups in total. The molecule has 0 bridgehead atoms. The fourth-order valence-electron chi connectivity index (χ4n) is 2.75. The first-order valence-corrected chi connectivity index (χ1v) is 7.26. The zero-order valence-electron chi connectivity index (χ0n) is 11.2. The third-order valence-corrected chi connectivity index (χ3v) is 4.10. The van der Waals surface area contributed by atoms with Crippen LogP contribution in [0.2, 0.25) is 5.02 Å². The molecule has 21 heavy (non-hydrogen) atoms. The van der Waals surface area contributed by atoms with Crippen LogP contribution in [0.5, 0.6) is 0 Å².